The number of hydrogen-bond acceptors (Lipinski definition) is 3. The monoisotopic (exact) mass is 244 g/mol. The minimum absolute atomic E-state index is 0.173. The lowest BCUT2D eigenvalue weighted by atomic mass is 10.1. The number of nitrogens with one attached hydrogen (secondary N) is 1. The summed E-state index contributed by atoms with van der Waals surface area (Å²) in [4.78, 5) is 11.8. The number of amides is 1. The minimum atomic E-state index is -0.621. The van der Waals surface area contributed by atoms with Crippen molar-refractivity contribution < 1.29 is 4.79 Å². The zero-order valence-electron chi connectivity index (χ0n) is 9.99. The smallest absolute Gasteiger partial charge is 0.241 e. The van der Waals surface area contributed by atoms with Crippen LogP contribution in [0.2, 0.25) is 0 Å². The van der Waals surface area contributed by atoms with E-state index in [2.05, 4.69) is 10.4 Å². The first-order chi connectivity index (χ1) is 8.77. The zero-order chi connectivity index (χ0) is 12.8. The Morgan fingerprint density at radius 3 is 2.78 bits per heavy atom. The second-order valence-electron chi connectivity index (χ2n) is 3.95. The van der Waals surface area contributed by atoms with Crippen LogP contribution < -0.4 is 11.1 Å². The van der Waals surface area contributed by atoms with Crippen LogP contribution >= 0.6 is 0 Å². The van der Waals surface area contributed by atoms with Crippen LogP contribution in [0.1, 0.15) is 11.6 Å². The van der Waals surface area contributed by atoms with Crippen molar-refractivity contribution >= 4 is 5.91 Å². The van der Waals surface area contributed by atoms with Gasteiger partial charge < -0.3 is 11.1 Å². The third-order valence-corrected chi connectivity index (χ3v) is 2.64. The molecule has 1 unspecified atom stereocenters. The van der Waals surface area contributed by atoms with Crippen LogP contribution in [0.3, 0.4) is 0 Å². The van der Waals surface area contributed by atoms with E-state index in [1.54, 1.807) is 10.9 Å². The van der Waals surface area contributed by atoms with E-state index in [0.29, 0.717) is 13.1 Å². The maximum Gasteiger partial charge on any atom is 0.241 e. The summed E-state index contributed by atoms with van der Waals surface area (Å²) in [7, 11) is 0. The van der Waals surface area contributed by atoms with Crippen molar-refractivity contribution in [2.75, 3.05) is 6.54 Å². The fourth-order valence-corrected chi connectivity index (χ4v) is 1.65. The number of carbonyl (C=O) groups excluding carboxylic acids is 1. The van der Waals surface area contributed by atoms with Crippen molar-refractivity contribution in [2.24, 2.45) is 5.73 Å². The molecule has 0 aliphatic rings. The first-order valence-corrected chi connectivity index (χ1v) is 5.83. The van der Waals surface area contributed by atoms with Crippen molar-refractivity contribution in [3.8, 4) is 0 Å². The summed E-state index contributed by atoms with van der Waals surface area (Å²) < 4.78 is 1.76. The first-order valence-electron chi connectivity index (χ1n) is 5.83. The lowest BCUT2D eigenvalue weighted by Crippen LogP contribution is -2.35. The van der Waals surface area contributed by atoms with Gasteiger partial charge in [0.2, 0.25) is 5.91 Å². The van der Waals surface area contributed by atoms with Crippen LogP contribution in [0.4, 0.5) is 0 Å². The van der Waals surface area contributed by atoms with Crippen LogP contribution in [-0.2, 0) is 11.3 Å². The molecule has 2 rings (SSSR count). The molecule has 5 nitrogen and oxygen atoms in total. The first kappa shape index (κ1) is 12.3. The lowest BCUT2D eigenvalue weighted by molar-refractivity contribution is -0.122. The fourth-order valence-electron chi connectivity index (χ4n) is 1.65. The van der Waals surface area contributed by atoms with E-state index in [1.165, 1.54) is 0 Å². The number of nitrogens with zero attached hydrogens (tertiary/aromatic N) is 2. The van der Waals surface area contributed by atoms with Gasteiger partial charge >= 0.3 is 0 Å². The maximum atomic E-state index is 11.8. The van der Waals surface area contributed by atoms with Gasteiger partial charge in [0.25, 0.3) is 0 Å². The van der Waals surface area contributed by atoms with Gasteiger partial charge in [-0.25, -0.2) is 0 Å². The molecule has 2 aromatic rings. The maximum absolute atomic E-state index is 11.8. The molecule has 18 heavy (non-hydrogen) atoms. The summed E-state index contributed by atoms with van der Waals surface area (Å²) in [6.07, 6.45) is 3.56. The van der Waals surface area contributed by atoms with Gasteiger partial charge in [0.15, 0.2) is 0 Å². The standard InChI is InChI=1S/C13H16N4O/c14-12(11-5-2-1-3-6-11)13(18)15-8-10-17-9-4-7-16-17/h1-7,9,12H,8,10,14H2,(H,15,18). The largest absolute Gasteiger partial charge is 0.353 e. The molecule has 1 amide bonds. The molecule has 0 saturated heterocycles. The Bertz CT molecular complexity index is 481. The third-order valence-electron chi connectivity index (χ3n) is 2.64. The predicted molar refractivity (Wildman–Crippen MR) is 68.6 cm³/mol. The van der Waals surface area contributed by atoms with E-state index in [9.17, 15) is 4.79 Å². The van der Waals surface area contributed by atoms with E-state index in [-0.39, 0.29) is 5.91 Å². The third kappa shape index (κ3) is 3.18. The van der Waals surface area contributed by atoms with Crippen molar-refractivity contribution in [2.45, 2.75) is 12.6 Å². The van der Waals surface area contributed by atoms with Gasteiger partial charge in [-0.05, 0) is 11.6 Å². The molecule has 0 saturated carbocycles. The summed E-state index contributed by atoms with van der Waals surface area (Å²) in [6, 6.07) is 10.5. The van der Waals surface area contributed by atoms with E-state index < -0.39 is 6.04 Å². The number of benzene rings is 1. The van der Waals surface area contributed by atoms with Crippen LogP contribution in [0, 0.1) is 0 Å². The molecule has 0 bridgehead atoms. The molecule has 1 heterocycles. The summed E-state index contributed by atoms with van der Waals surface area (Å²) in [5, 5.41) is 6.84. The Morgan fingerprint density at radius 2 is 2.11 bits per heavy atom. The second-order valence-corrected chi connectivity index (χ2v) is 3.95. The van der Waals surface area contributed by atoms with Gasteiger partial charge in [-0.15, -0.1) is 0 Å². The predicted octanol–water partition coefficient (Wildman–Crippen LogP) is 0.699. The Labute approximate surface area is 106 Å². The highest BCUT2D eigenvalue weighted by atomic mass is 16.2. The quantitative estimate of drug-likeness (QED) is 0.813. The molecule has 1 atom stereocenters. The van der Waals surface area contributed by atoms with Crippen LogP contribution in [0.25, 0.3) is 0 Å². The summed E-state index contributed by atoms with van der Waals surface area (Å²) in [5.41, 5.74) is 6.68. The van der Waals surface area contributed by atoms with Crippen LogP contribution in [-0.4, -0.2) is 22.2 Å². The van der Waals surface area contributed by atoms with Gasteiger partial charge in [-0.3, -0.25) is 9.48 Å². The Balaban J connectivity index is 1.81. The molecule has 94 valence electrons. The number of hydrogen-bond donors (Lipinski definition) is 2. The van der Waals surface area contributed by atoms with E-state index in [0.717, 1.165) is 5.56 Å². The molecule has 0 aliphatic carbocycles. The second kappa shape index (κ2) is 5.97. The molecule has 3 N–H and O–H groups in total. The summed E-state index contributed by atoms with van der Waals surface area (Å²) in [5.74, 6) is -0.173. The zero-order valence-corrected chi connectivity index (χ0v) is 9.99. The van der Waals surface area contributed by atoms with Gasteiger partial charge in [0.05, 0.1) is 6.54 Å². The van der Waals surface area contributed by atoms with Crippen molar-refractivity contribution in [3.05, 3.63) is 54.4 Å². The van der Waals surface area contributed by atoms with Crippen molar-refractivity contribution in [3.63, 3.8) is 0 Å². The number of aromatic nitrogens is 2. The highest BCUT2D eigenvalue weighted by Gasteiger charge is 2.14. The van der Waals surface area contributed by atoms with Crippen LogP contribution in [0.5, 0.6) is 0 Å². The SMILES string of the molecule is NC(C(=O)NCCn1cccn1)c1ccccc1. The summed E-state index contributed by atoms with van der Waals surface area (Å²) in [6.45, 7) is 1.15. The molecule has 0 aliphatic heterocycles. The average Bonchev–Trinajstić information content (AvgIpc) is 2.92. The van der Waals surface area contributed by atoms with E-state index in [4.69, 9.17) is 5.73 Å². The van der Waals surface area contributed by atoms with E-state index in [1.807, 2.05) is 42.6 Å². The Kier molecular flexibility index (Phi) is 4.09. The van der Waals surface area contributed by atoms with Gasteiger partial charge in [-0.1, -0.05) is 30.3 Å². The topological polar surface area (TPSA) is 72.9 Å². The minimum Gasteiger partial charge on any atom is -0.353 e. The van der Waals surface area contributed by atoms with Crippen molar-refractivity contribution in [1.82, 2.24) is 15.1 Å². The molecule has 0 radical (unpaired) electrons. The average molecular weight is 244 g/mol. The molecular formula is C13H16N4O. The number of rotatable bonds is 5. The molecule has 1 aromatic heterocycles. The molecule has 1 aromatic carbocycles. The number of nitrogens with two attached hydrogens (primary N) is 1. The van der Waals surface area contributed by atoms with Crippen LogP contribution in [0.15, 0.2) is 48.8 Å². The normalized spacial score (nSPS) is 12.1. The van der Waals surface area contributed by atoms with Gasteiger partial charge in [0.1, 0.15) is 6.04 Å². The van der Waals surface area contributed by atoms with Gasteiger partial charge in [-0.2, -0.15) is 5.10 Å². The van der Waals surface area contributed by atoms with Crippen molar-refractivity contribution in [1.29, 1.82) is 0 Å². The van der Waals surface area contributed by atoms with E-state index >= 15 is 0 Å². The Morgan fingerprint density at radius 1 is 1.33 bits per heavy atom. The van der Waals surface area contributed by atoms with Gasteiger partial charge in [0, 0.05) is 18.9 Å². The Hall–Kier alpha value is -2.14. The highest BCUT2D eigenvalue weighted by molar-refractivity contribution is 5.82. The number of carbonyl (C=O) groups is 1. The highest BCUT2D eigenvalue weighted by Crippen LogP contribution is 2.08. The summed E-state index contributed by atoms with van der Waals surface area (Å²) >= 11 is 0. The molecule has 0 spiro atoms. The lowest BCUT2D eigenvalue weighted by Gasteiger charge is -2.12. The molecule has 0 fully saturated rings. The fraction of sp³-hybridized carbons (Fsp3) is 0.231. The molecular weight excluding hydrogens is 228 g/mol. The molecule has 5 heteroatoms.